The van der Waals surface area contributed by atoms with Crippen LogP contribution in [0.25, 0.3) is 0 Å². The number of esters is 2. The van der Waals surface area contributed by atoms with Gasteiger partial charge in [-0.15, -0.1) is 0 Å². The average Bonchev–Trinajstić information content (AvgIpc) is 2.92. The molecule has 0 saturated heterocycles. The van der Waals surface area contributed by atoms with Crippen LogP contribution in [0.2, 0.25) is 0 Å². The SMILES string of the molecule is CCCCCCCCCCC(CCOC(=O)C(CCCCCC)CCCCCCCC)OC(=O)CCCN(C)C. The molecule has 0 bridgehead atoms. The van der Waals surface area contributed by atoms with Gasteiger partial charge in [0.25, 0.3) is 0 Å². The Labute approximate surface area is 249 Å². The third-order valence-corrected chi connectivity index (χ3v) is 7.99. The van der Waals surface area contributed by atoms with Crippen LogP contribution in [0.4, 0.5) is 0 Å². The zero-order valence-electron chi connectivity index (χ0n) is 27.6. The maximum Gasteiger partial charge on any atom is 0.308 e. The number of ether oxygens (including phenoxy) is 2. The van der Waals surface area contributed by atoms with Crippen LogP contribution < -0.4 is 0 Å². The molecule has 0 aliphatic rings. The molecule has 0 aromatic carbocycles. The highest BCUT2D eigenvalue weighted by Crippen LogP contribution is 2.21. The summed E-state index contributed by atoms with van der Waals surface area (Å²) in [5.74, 6) is -0.134. The van der Waals surface area contributed by atoms with Crippen molar-refractivity contribution in [2.24, 2.45) is 5.92 Å². The van der Waals surface area contributed by atoms with Gasteiger partial charge in [-0.3, -0.25) is 9.59 Å². The number of hydrogen-bond donors (Lipinski definition) is 0. The van der Waals surface area contributed by atoms with Gasteiger partial charge in [-0.25, -0.2) is 0 Å². The average molecular weight is 568 g/mol. The molecule has 0 heterocycles. The Bertz CT molecular complexity index is 566. The molecule has 40 heavy (non-hydrogen) atoms. The minimum Gasteiger partial charge on any atom is -0.465 e. The van der Waals surface area contributed by atoms with Crippen molar-refractivity contribution in [1.82, 2.24) is 4.90 Å². The van der Waals surface area contributed by atoms with E-state index >= 15 is 0 Å². The quantitative estimate of drug-likeness (QED) is 0.0638. The van der Waals surface area contributed by atoms with E-state index in [4.69, 9.17) is 9.47 Å². The maximum absolute atomic E-state index is 13.1. The lowest BCUT2D eigenvalue weighted by atomic mass is 9.94. The van der Waals surface area contributed by atoms with Crippen LogP contribution >= 0.6 is 0 Å². The van der Waals surface area contributed by atoms with Crippen molar-refractivity contribution < 1.29 is 19.1 Å². The lowest BCUT2D eigenvalue weighted by Crippen LogP contribution is -2.24. The van der Waals surface area contributed by atoms with Gasteiger partial charge in [0.2, 0.25) is 0 Å². The Morgan fingerprint density at radius 2 is 1.02 bits per heavy atom. The molecule has 0 saturated carbocycles. The Hall–Kier alpha value is -1.10. The topological polar surface area (TPSA) is 55.8 Å². The molecule has 0 N–H and O–H groups in total. The summed E-state index contributed by atoms with van der Waals surface area (Å²) in [7, 11) is 4.04. The lowest BCUT2D eigenvalue weighted by molar-refractivity contribution is -0.153. The van der Waals surface area contributed by atoms with Gasteiger partial charge in [0.05, 0.1) is 12.5 Å². The molecule has 2 unspecified atom stereocenters. The summed E-state index contributed by atoms with van der Waals surface area (Å²) in [4.78, 5) is 27.7. The van der Waals surface area contributed by atoms with Crippen LogP contribution in [-0.4, -0.2) is 50.2 Å². The number of carbonyl (C=O) groups excluding carboxylic acids is 2. The third-order valence-electron chi connectivity index (χ3n) is 7.99. The predicted molar refractivity (Wildman–Crippen MR) is 171 cm³/mol. The second-order valence-corrected chi connectivity index (χ2v) is 12.3. The number of nitrogens with zero attached hydrogens (tertiary/aromatic N) is 1. The van der Waals surface area contributed by atoms with Crippen LogP contribution in [0.1, 0.15) is 175 Å². The van der Waals surface area contributed by atoms with Gasteiger partial charge in [0.1, 0.15) is 6.10 Å². The molecular formula is C35H69NO4. The van der Waals surface area contributed by atoms with Gasteiger partial charge >= 0.3 is 11.9 Å². The molecule has 0 aliphatic heterocycles. The van der Waals surface area contributed by atoms with Gasteiger partial charge < -0.3 is 14.4 Å². The van der Waals surface area contributed by atoms with Crippen molar-refractivity contribution in [3.63, 3.8) is 0 Å². The van der Waals surface area contributed by atoms with Gasteiger partial charge in [0, 0.05) is 12.8 Å². The molecule has 0 aliphatic carbocycles. The summed E-state index contributed by atoms with van der Waals surface area (Å²) in [6.45, 7) is 7.96. The first kappa shape index (κ1) is 38.9. The van der Waals surface area contributed by atoms with E-state index in [0.717, 1.165) is 51.5 Å². The van der Waals surface area contributed by atoms with E-state index in [-0.39, 0.29) is 24.0 Å². The number of hydrogen-bond acceptors (Lipinski definition) is 5. The fourth-order valence-corrected chi connectivity index (χ4v) is 5.33. The Morgan fingerprint density at radius 1 is 0.575 bits per heavy atom. The van der Waals surface area contributed by atoms with E-state index in [2.05, 4.69) is 25.7 Å². The van der Waals surface area contributed by atoms with E-state index in [1.54, 1.807) is 0 Å². The summed E-state index contributed by atoms with van der Waals surface area (Å²) >= 11 is 0. The normalized spacial score (nSPS) is 12.9. The molecule has 238 valence electrons. The first-order valence-corrected chi connectivity index (χ1v) is 17.4. The van der Waals surface area contributed by atoms with Crippen LogP contribution in [-0.2, 0) is 19.1 Å². The third kappa shape index (κ3) is 25.8. The summed E-state index contributed by atoms with van der Waals surface area (Å²) in [5, 5.41) is 0. The van der Waals surface area contributed by atoms with Crippen molar-refractivity contribution >= 4 is 11.9 Å². The van der Waals surface area contributed by atoms with Crippen LogP contribution in [0.3, 0.4) is 0 Å². The van der Waals surface area contributed by atoms with Crippen molar-refractivity contribution in [3.05, 3.63) is 0 Å². The zero-order valence-corrected chi connectivity index (χ0v) is 27.6. The smallest absolute Gasteiger partial charge is 0.308 e. The molecule has 0 radical (unpaired) electrons. The number of unbranched alkanes of at least 4 members (excludes halogenated alkanes) is 15. The van der Waals surface area contributed by atoms with E-state index in [1.807, 2.05) is 14.1 Å². The fraction of sp³-hybridized carbons (Fsp3) is 0.943. The molecule has 0 rings (SSSR count). The van der Waals surface area contributed by atoms with E-state index in [9.17, 15) is 9.59 Å². The Morgan fingerprint density at radius 3 is 1.52 bits per heavy atom. The van der Waals surface area contributed by atoms with Gasteiger partial charge in [0.15, 0.2) is 0 Å². The number of carbonyl (C=O) groups is 2. The van der Waals surface area contributed by atoms with Crippen molar-refractivity contribution in [1.29, 1.82) is 0 Å². The second-order valence-electron chi connectivity index (χ2n) is 12.3. The van der Waals surface area contributed by atoms with E-state index in [1.165, 1.54) is 96.3 Å². The molecule has 5 heteroatoms. The van der Waals surface area contributed by atoms with Gasteiger partial charge in [-0.05, 0) is 52.7 Å². The minimum atomic E-state index is -0.152. The zero-order chi connectivity index (χ0) is 29.7. The summed E-state index contributed by atoms with van der Waals surface area (Å²) in [6.07, 6.45) is 26.8. The van der Waals surface area contributed by atoms with Crippen LogP contribution in [0.5, 0.6) is 0 Å². The molecule has 5 nitrogen and oxygen atoms in total. The van der Waals surface area contributed by atoms with Crippen LogP contribution in [0, 0.1) is 5.92 Å². The standard InChI is InChI=1S/C35H69NO4/c1-6-9-12-15-17-18-20-23-27-33(40-34(37)28-24-30-36(4)5)29-31-39-35(38)32(25-21-14-11-8-3)26-22-19-16-13-10-7-2/h32-33H,6-31H2,1-5H3. The molecule has 2 atom stereocenters. The van der Waals surface area contributed by atoms with Crippen molar-refractivity contribution in [3.8, 4) is 0 Å². The molecule has 0 amide bonds. The summed E-state index contributed by atoms with van der Waals surface area (Å²) < 4.78 is 11.7. The minimum absolute atomic E-state index is 0.0165. The molecule has 0 aromatic heterocycles. The number of rotatable bonds is 30. The van der Waals surface area contributed by atoms with E-state index < -0.39 is 0 Å². The molecular weight excluding hydrogens is 498 g/mol. The largest absolute Gasteiger partial charge is 0.465 e. The predicted octanol–water partition coefficient (Wildman–Crippen LogP) is 10.0. The Kier molecular flexibility index (Phi) is 28.6. The summed E-state index contributed by atoms with van der Waals surface area (Å²) in [6, 6.07) is 0. The first-order chi connectivity index (χ1) is 19.4. The van der Waals surface area contributed by atoms with Crippen molar-refractivity contribution in [2.75, 3.05) is 27.2 Å². The van der Waals surface area contributed by atoms with E-state index in [0.29, 0.717) is 19.4 Å². The van der Waals surface area contributed by atoms with Crippen LogP contribution in [0.15, 0.2) is 0 Å². The molecule has 0 spiro atoms. The monoisotopic (exact) mass is 568 g/mol. The van der Waals surface area contributed by atoms with Crippen molar-refractivity contribution in [2.45, 2.75) is 181 Å². The maximum atomic E-state index is 13.1. The Balaban J connectivity index is 4.68. The molecule has 0 aromatic rings. The van der Waals surface area contributed by atoms with Gasteiger partial charge in [-0.2, -0.15) is 0 Å². The lowest BCUT2D eigenvalue weighted by Gasteiger charge is -2.20. The summed E-state index contributed by atoms with van der Waals surface area (Å²) in [5.41, 5.74) is 0. The second kappa shape index (κ2) is 29.4. The molecule has 0 fully saturated rings. The highest BCUT2D eigenvalue weighted by Gasteiger charge is 2.21. The first-order valence-electron chi connectivity index (χ1n) is 17.4. The van der Waals surface area contributed by atoms with Gasteiger partial charge in [-0.1, -0.05) is 130 Å². The highest BCUT2D eigenvalue weighted by atomic mass is 16.6. The highest BCUT2D eigenvalue weighted by molar-refractivity contribution is 5.72. The fourth-order valence-electron chi connectivity index (χ4n) is 5.33.